The Bertz CT molecular complexity index is 1190. The fraction of sp³-hybridized carbons (Fsp3) is 0.531. The van der Waals surface area contributed by atoms with Crippen LogP contribution in [0.1, 0.15) is 59.9 Å². The van der Waals surface area contributed by atoms with Crippen LogP contribution < -0.4 is 10.1 Å². The van der Waals surface area contributed by atoms with Crippen LogP contribution in [0.2, 0.25) is 0 Å². The first-order valence-corrected chi connectivity index (χ1v) is 14.3. The topological polar surface area (TPSA) is 124 Å². The number of nitrogens with zero attached hydrogens (tertiary/aromatic N) is 1. The van der Waals surface area contributed by atoms with E-state index in [-0.39, 0.29) is 30.6 Å². The maximum atomic E-state index is 13.9. The number of aromatic hydroxyl groups is 1. The van der Waals surface area contributed by atoms with Gasteiger partial charge in [-0.05, 0) is 50.3 Å². The number of phenols is 1. The molecule has 1 fully saturated rings. The number of likely N-dealkylation sites (tertiary alicyclic amines) is 1. The summed E-state index contributed by atoms with van der Waals surface area (Å²) in [7, 11) is 0. The molecule has 0 saturated carbocycles. The second kappa shape index (κ2) is 14.5. The number of hydrogen-bond donors (Lipinski definition) is 2. The Balaban J connectivity index is 1.65. The third-order valence-corrected chi connectivity index (χ3v) is 6.53. The SMILES string of the molecule is CC(C)(C)OC(=O)[C@@H]1C[C@@H](OCCCOCc2ccccc2)CN1C(=O)[C@@H](NC(=O)Oc1cccc(O)c1)C(C)(C)C. The Hall–Kier alpha value is -3.63. The van der Waals surface area contributed by atoms with Crippen molar-refractivity contribution in [3.05, 3.63) is 60.2 Å². The van der Waals surface area contributed by atoms with Gasteiger partial charge in [-0.15, -0.1) is 0 Å². The number of amides is 2. The second-order valence-corrected chi connectivity index (χ2v) is 12.5. The first-order valence-electron chi connectivity index (χ1n) is 14.3. The zero-order valence-electron chi connectivity index (χ0n) is 25.4. The van der Waals surface area contributed by atoms with Gasteiger partial charge in [0.2, 0.25) is 5.91 Å². The summed E-state index contributed by atoms with van der Waals surface area (Å²) in [6, 6.07) is 13.8. The first-order chi connectivity index (χ1) is 19.7. The molecule has 3 atom stereocenters. The summed E-state index contributed by atoms with van der Waals surface area (Å²) in [5.41, 5.74) is -0.368. The van der Waals surface area contributed by atoms with Crippen molar-refractivity contribution in [3.8, 4) is 11.5 Å². The van der Waals surface area contributed by atoms with Crippen molar-refractivity contribution in [3.63, 3.8) is 0 Å². The highest BCUT2D eigenvalue weighted by atomic mass is 16.6. The van der Waals surface area contributed by atoms with Gasteiger partial charge in [-0.25, -0.2) is 9.59 Å². The van der Waals surface area contributed by atoms with Crippen molar-refractivity contribution in [1.82, 2.24) is 10.2 Å². The summed E-state index contributed by atoms with van der Waals surface area (Å²) >= 11 is 0. The van der Waals surface area contributed by atoms with Gasteiger partial charge in [-0.2, -0.15) is 0 Å². The normalized spacial score (nSPS) is 17.9. The maximum absolute atomic E-state index is 13.9. The molecule has 3 rings (SSSR count). The van der Waals surface area contributed by atoms with Gasteiger partial charge in [0.05, 0.1) is 12.7 Å². The molecule has 0 unspecified atom stereocenters. The summed E-state index contributed by atoms with van der Waals surface area (Å²) in [6.07, 6.45) is -0.317. The molecule has 42 heavy (non-hydrogen) atoms. The Morgan fingerprint density at radius 2 is 1.71 bits per heavy atom. The van der Waals surface area contributed by atoms with E-state index in [0.29, 0.717) is 26.2 Å². The molecule has 1 saturated heterocycles. The summed E-state index contributed by atoms with van der Waals surface area (Å²) < 4.78 is 22.7. The van der Waals surface area contributed by atoms with Crippen LogP contribution >= 0.6 is 0 Å². The summed E-state index contributed by atoms with van der Waals surface area (Å²) in [5, 5.41) is 12.3. The zero-order valence-corrected chi connectivity index (χ0v) is 25.4. The van der Waals surface area contributed by atoms with Gasteiger partial charge in [-0.1, -0.05) is 57.2 Å². The van der Waals surface area contributed by atoms with Crippen LogP contribution in [0.5, 0.6) is 11.5 Å². The van der Waals surface area contributed by atoms with Crippen LogP contribution in [-0.4, -0.2) is 71.5 Å². The summed E-state index contributed by atoms with van der Waals surface area (Å²) in [5.74, 6) is -0.900. The van der Waals surface area contributed by atoms with Crippen molar-refractivity contribution < 1.29 is 38.4 Å². The van der Waals surface area contributed by atoms with E-state index in [4.69, 9.17) is 18.9 Å². The predicted octanol–water partition coefficient (Wildman–Crippen LogP) is 4.83. The lowest BCUT2D eigenvalue weighted by atomic mass is 9.85. The smallest absolute Gasteiger partial charge is 0.413 e. The number of carbonyl (C=O) groups is 3. The molecule has 2 aromatic rings. The van der Waals surface area contributed by atoms with Crippen LogP contribution in [0.15, 0.2) is 54.6 Å². The third kappa shape index (κ3) is 10.3. The predicted molar refractivity (Wildman–Crippen MR) is 157 cm³/mol. The number of esters is 1. The Labute approximate surface area is 248 Å². The standard InChI is InChI=1S/C32H44N2O8/c1-31(2,3)27(33-30(38)41-24-15-10-14-23(35)18-24)28(36)34-20-25(19-26(34)29(37)42-32(4,5)6)40-17-11-16-39-21-22-12-8-7-9-13-22/h7-10,12-15,18,25-27,35H,11,16-17,19-21H2,1-6H3,(H,33,38)/t25-,26+,27-/m1/s1. The number of phenolic OH excluding ortho intramolecular Hbond substituents is 1. The molecule has 2 N–H and O–H groups in total. The minimum absolute atomic E-state index is 0.0604. The van der Waals surface area contributed by atoms with E-state index in [0.717, 1.165) is 5.56 Å². The zero-order chi connectivity index (χ0) is 30.9. The number of rotatable bonds is 11. The Kier molecular flexibility index (Phi) is 11.4. The van der Waals surface area contributed by atoms with Crippen LogP contribution in [0.3, 0.4) is 0 Å². The summed E-state index contributed by atoms with van der Waals surface area (Å²) in [4.78, 5) is 41.4. The van der Waals surface area contributed by atoms with Gasteiger partial charge in [0, 0.05) is 32.2 Å². The van der Waals surface area contributed by atoms with E-state index < -0.39 is 41.1 Å². The van der Waals surface area contributed by atoms with E-state index in [1.54, 1.807) is 20.8 Å². The first kappa shape index (κ1) is 32.9. The molecule has 1 aliphatic heterocycles. The molecular formula is C32H44N2O8. The van der Waals surface area contributed by atoms with Crippen LogP contribution in [-0.2, 0) is 30.4 Å². The van der Waals surface area contributed by atoms with Gasteiger partial charge < -0.3 is 34.3 Å². The quantitative estimate of drug-likeness (QED) is 0.284. The Morgan fingerprint density at radius 1 is 1.00 bits per heavy atom. The molecule has 0 bridgehead atoms. The molecule has 0 radical (unpaired) electrons. The molecule has 2 aromatic carbocycles. The lowest BCUT2D eigenvalue weighted by molar-refractivity contribution is -0.164. The van der Waals surface area contributed by atoms with E-state index in [1.807, 2.05) is 51.1 Å². The van der Waals surface area contributed by atoms with Crippen molar-refractivity contribution >= 4 is 18.0 Å². The van der Waals surface area contributed by atoms with Crippen molar-refractivity contribution in [2.45, 2.75) is 84.8 Å². The fourth-order valence-electron chi connectivity index (χ4n) is 4.55. The van der Waals surface area contributed by atoms with E-state index in [9.17, 15) is 19.5 Å². The molecule has 1 aliphatic rings. The van der Waals surface area contributed by atoms with Crippen molar-refractivity contribution in [2.75, 3.05) is 19.8 Å². The third-order valence-electron chi connectivity index (χ3n) is 6.53. The highest BCUT2D eigenvalue weighted by Gasteiger charge is 2.46. The number of carbonyl (C=O) groups excluding carboxylic acids is 3. The molecule has 10 nitrogen and oxygen atoms in total. The van der Waals surface area contributed by atoms with Gasteiger partial charge in [0.15, 0.2) is 0 Å². The molecule has 2 amide bonds. The van der Waals surface area contributed by atoms with Crippen LogP contribution in [0.4, 0.5) is 4.79 Å². The highest BCUT2D eigenvalue weighted by Crippen LogP contribution is 2.29. The maximum Gasteiger partial charge on any atom is 0.413 e. The summed E-state index contributed by atoms with van der Waals surface area (Å²) in [6.45, 7) is 12.3. The minimum Gasteiger partial charge on any atom is -0.508 e. The van der Waals surface area contributed by atoms with Gasteiger partial charge in [0.1, 0.15) is 29.2 Å². The monoisotopic (exact) mass is 584 g/mol. The molecule has 0 aliphatic carbocycles. The number of benzene rings is 2. The fourth-order valence-corrected chi connectivity index (χ4v) is 4.55. The molecule has 0 aromatic heterocycles. The van der Waals surface area contributed by atoms with Gasteiger partial charge in [-0.3, -0.25) is 4.79 Å². The molecular weight excluding hydrogens is 540 g/mol. The molecule has 10 heteroatoms. The van der Waals surface area contributed by atoms with E-state index in [1.165, 1.54) is 29.2 Å². The molecule has 0 spiro atoms. The molecule has 1 heterocycles. The van der Waals surface area contributed by atoms with Gasteiger partial charge >= 0.3 is 12.1 Å². The van der Waals surface area contributed by atoms with E-state index in [2.05, 4.69) is 5.32 Å². The largest absolute Gasteiger partial charge is 0.508 e. The van der Waals surface area contributed by atoms with Crippen LogP contribution in [0, 0.1) is 5.41 Å². The van der Waals surface area contributed by atoms with Crippen molar-refractivity contribution in [2.24, 2.45) is 5.41 Å². The number of ether oxygens (including phenoxy) is 4. The minimum atomic E-state index is -1.02. The molecule has 230 valence electrons. The van der Waals surface area contributed by atoms with Crippen LogP contribution in [0.25, 0.3) is 0 Å². The number of hydrogen-bond acceptors (Lipinski definition) is 8. The Morgan fingerprint density at radius 3 is 2.36 bits per heavy atom. The number of nitrogens with one attached hydrogen (secondary N) is 1. The van der Waals surface area contributed by atoms with Crippen molar-refractivity contribution in [1.29, 1.82) is 0 Å². The lowest BCUT2D eigenvalue weighted by Gasteiger charge is -2.35. The van der Waals surface area contributed by atoms with Gasteiger partial charge in [0.25, 0.3) is 0 Å². The highest BCUT2D eigenvalue weighted by molar-refractivity contribution is 5.91. The lowest BCUT2D eigenvalue weighted by Crippen LogP contribution is -2.57. The van der Waals surface area contributed by atoms with E-state index >= 15 is 0 Å². The average Bonchev–Trinajstić information content (AvgIpc) is 3.32. The second-order valence-electron chi connectivity index (χ2n) is 12.5. The average molecular weight is 585 g/mol.